The normalized spacial score (nSPS) is 12.5. The lowest BCUT2D eigenvalue weighted by atomic mass is 10.0. The Kier molecular flexibility index (Phi) is 10.2. The smallest absolute Gasteiger partial charge is 0.243 e. The van der Waals surface area contributed by atoms with Gasteiger partial charge in [0.15, 0.2) is 11.5 Å². The van der Waals surface area contributed by atoms with Crippen LogP contribution < -0.4 is 14.8 Å². The topological polar surface area (TPSA) is 67.9 Å². The molecule has 2 aromatic carbocycles. The Balaban J connectivity index is 2.22. The number of amides is 2. The predicted octanol–water partition coefficient (Wildman–Crippen LogP) is 4.67. The second-order valence-corrected chi connectivity index (χ2v) is 8.44. The van der Waals surface area contributed by atoms with Crippen LogP contribution in [0.2, 0.25) is 0 Å². The maximum Gasteiger partial charge on any atom is 0.243 e. The van der Waals surface area contributed by atoms with E-state index in [1.165, 1.54) is 0 Å². The Morgan fingerprint density at radius 3 is 2.15 bits per heavy atom. The summed E-state index contributed by atoms with van der Waals surface area (Å²) < 4.78 is 10.7. The monoisotopic (exact) mass is 454 g/mol. The van der Waals surface area contributed by atoms with Gasteiger partial charge in [0.2, 0.25) is 11.8 Å². The molecule has 2 amide bonds. The van der Waals surface area contributed by atoms with Crippen molar-refractivity contribution < 1.29 is 19.1 Å². The second-order valence-electron chi connectivity index (χ2n) is 8.44. The highest BCUT2D eigenvalue weighted by molar-refractivity contribution is 5.88. The van der Waals surface area contributed by atoms with Crippen molar-refractivity contribution in [3.8, 4) is 11.5 Å². The summed E-state index contributed by atoms with van der Waals surface area (Å²) in [5.74, 6) is 1.15. The Labute approximate surface area is 198 Å². The van der Waals surface area contributed by atoms with Crippen molar-refractivity contribution in [2.45, 2.75) is 72.0 Å². The lowest BCUT2D eigenvalue weighted by Gasteiger charge is -2.31. The quantitative estimate of drug-likeness (QED) is 0.506. The van der Waals surface area contributed by atoms with Crippen LogP contribution in [0.1, 0.15) is 56.7 Å². The molecule has 33 heavy (non-hydrogen) atoms. The Morgan fingerprint density at radius 1 is 0.939 bits per heavy atom. The van der Waals surface area contributed by atoms with Crippen LogP contribution in [0.25, 0.3) is 0 Å². The molecule has 0 spiro atoms. The minimum Gasteiger partial charge on any atom is -0.493 e. The van der Waals surface area contributed by atoms with E-state index in [1.54, 1.807) is 19.1 Å². The van der Waals surface area contributed by atoms with Gasteiger partial charge in [-0.15, -0.1) is 0 Å². The summed E-state index contributed by atoms with van der Waals surface area (Å²) in [6.07, 6.45) is 2.24. The average Bonchev–Trinajstić information content (AvgIpc) is 2.83. The summed E-state index contributed by atoms with van der Waals surface area (Å²) in [5, 5.41) is 3.05. The minimum atomic E-state index is -0.516. The number of ether oxygens (including phenoxy) is 2. The first-order valence-electron chi connectivity index (χ1n) is 11.7. The van der Waals surface area contributed by atoms with Crippen molar-refractivity contribution in [3.63, 3.8) is 0 Å². The molecule has 0 unspecified atom stereocenters. The molecule has 1 N–H and O–H groups in total. The van der Waals surface area contributed by atoms with E-state index < -0.39 is 6.04 Å². The molecule has 2 atom stereocenters. The van der Waals surface area contributed by atoms with Gasteiger partial charge in [0.05, 0.1) is 14.2 Å². The van der Waals surface area contributed by atoms with E-state index in [4.69, 9.17) is 9.47 Å². The van der Waals surface area contributed by atoms with Crippen LogP contribution in [0.15, 0.2) is 42.5 Å². The fraction of sp³-hybridized carbons (Fsp3) is 0.481. The van der Waals surface area contributed by atoms with Gasteiger partial charge in [-0.2, -0.15) is 0 Å². The average molecular weight is 455 g/mol. The van der Waals surface area contributed by atoms with Gasteiger partial charge >= 0.3 is 0 Å². The molecule has 2 rings (SSSR count). The van der Waals surface area contributed by atoms with Gasteiger partial charge in [0, 0.05) is 19.0 Å². The van der Waals surface area contributed by atoms with Gasteiger partial charge in [-0.25, -0.2) is 0 Å². The lowest BCUT2D eigenvalue weighted by Crippen LogP contribution is -2.50. The summed E-state index contributed by atoms with van der Waals surface area (Å²) in [6.45, 7) is 8.39. The predicted molar refractivity (Wildman–Crippen MR) is 132 cm³/mol. The van der Waals surface area contributed by atoms with Crippen molar-refractivity contribution in [2.75, 3.05) is 14.2 Å². The number of hydrogen-bond acceptors (Lipinski definition) is 4. The molecular weight excluding hydrogens is 416 g/mol. The number of carbonyl (C=O) groups excluding carboxylic acids is 2. The molecule has 0 saturated carbocycles. The first kappa shape index (κ1) is 26.2. The summed E-state index contributed by atoms with van der Waals surface area (Å²) >= 11 is 0. The molecule has 0 bridgehead atoms. The molecule has 0 aliphatic heterocycles. The first-order chi connectivity index (χ1) is 15.8. The maximum absolute atomic E-state index is 13.4. The van der Waals surface area contributed by atoms with Crippen molar-refractivity contribution >= 4 is 11.8 Å². The number of rotatable bonds is 12. The molecule has 6 nitrogen and oxygen atoms in total. The fourth-order valence-corrected chi connectivity index (χ4v) is 3.68. The van der Waals surface area contributed by atoms with E-state index >= 15 is 0 Å². The van der Waals surface area contributed by atoms with Crippen LogP contribution in [0.5, 0.6) is 11.5 Å². The SMILES string of the molecule is CC[C@@H](C)NC(=O)[C@H](CC)N(Cc1ccc(C)cc1)C(=O)CCc1ccc(OC)c(OC)c1. The molecule has 2 aromatic rings. The van der Waals surface area contributed by atoms with E-state index in [2.05, 4.69) is 5.32 Å². The zero-order valence-corrected chi connectivity index (χ0v) is 20.8. The molecule has 0 radical (unpaired) electrons. The molecule has 6 heteroatoms. The van der Waals surface area contributed by atoms with Gasteiger partial charge < -0.3 is 19.7 Å². The third-order valence-electron chi connectivity index (χ3n) is 5.94. The summed E-state index contributed by atoms with van der Waals surface area (Å²) in [5.41, 5.74) is 3.15. The molecule has 0 aromatic heterocycles. The molecule has 0 fully saturated rings. The van der Waals surface area contributed by atoms with E-state index in [1.807, 2.05) is 70.2 Å². The van der Waals surface area contributed by atoms with Crippen LogP contribution in [0, 0.1) is 6.92 Å². The van der Waals surface area contributed by atoms with Gasteiger partial charge in [0.25, 0.3) is 0 Å². The highest BCUT2D eigenvalue weighted by atomic mass is 16.5. The van der Waals surface area contributed by atoms with Crippen molar-refractivity contribution in [1.29, 1.82) is 0 Å². The molecule has 0 aliphatic rings. The van der Waals surface area contributed by atoms with Crippen LogP contribution in [0.3, 0.4) is 0 Å². The summed E-state index contributed by atoms with van der Waals surface area (Å²) in [7, 11) is 3.19. The van der Waals surface area contributed by atoms with Crippen molar-refractivity contribution in [1.82, 2.24) is 10.2 Å². The van der Waals surface area contributed by atoms with Gasteiger partial charge in [-0.05, 0) is 56.4 Å². The molecule has 180 valence electrons. The standard InChI is InChI=1S/C27H38N2O4/c1-7-20(4)28-27(31)23(8-2)29(18-22-11-9-19(3)10-12-22)26(30)16-14-21-13-15-24(32-5)25(17-21)33-6/h9-13,15,17,20,23H,7-8,14,16,18H2,1-6H3,(H,28,31)/t20-,23+/m1/s1. The van der Waals surface area contributed by atoms with Crippen molar-refractivity contribution in [3.05, 3.63) is 59.2 Å². The molecule has 0 aliphatic carbocycles. The Morgan fingerprint density at radius 2 is 1.58 bits per heavy atom. The Hall–Kier alpha value is -3.02. The highest BCUT2D eigenvalue weighted by Gasteiger charge is 2.29. The number of aryl methyl sites for hydroxylation is 2. The highest BCUT2D eigenvalue weighted by Crippen LogP contribution is 2.28. The number of methoxy groups -OCH3 is 2. The van der Waals surface area contributed by atoms with Crippen LogP contribution in [-0.4, -0.2) is 43.0 Å². The number of benzene rings is 2. The van der Waals surface area contributed by atoms with E-state index in [0.29, 0.717) is 37.3 Å². The third-order valence-corrected chi connectivity index (χ3v) is 5.94. The number of hydrogen-bond donors (Lipinski definition) is 1. The second kappa shape index (κ2) is 12.9. The molecule has 0 heterocycles. The first-order valence-corrected chi connectivity index (χ1v) is 11.7. The van der Waals surface area contributed by atoms with Gasteiger partial charge in [-0.1, -0.05) is 49.7 Å². The minimum absolute atomic E-state index is 0.0449. The summed E-state index contributed by atoms with van der Waals surface area (Å²) in [4.78, 5) is 28.2. The fourth-order valence-electron chi connectivity index (χ4n) is 3.68. The van der Waals surface area contributed by atoms with Crippen LogP contribution in [-0.2, 0) is 22.6 Å². The third kappa shape index (κ3) is 7.52. The maximum atomic E-state index is 13.4. The molecule has 0 saturated heterocycles. The van der Waals surface area contributed by atoms with Gasteiger partial charge in [-0.3, -0.25) is 9.59 Å². The number of nitrogens with zero attached hydrogens (tertiary/aromatic N) is 1. The van der Waals surface area contributed by atoms with Crippen LogP contribution >= 0.6 is 0 Å². The number of carbonyl (C=O) groups is 2. The summed E-state index contributed by atoms with van der Waals surface area (Å²) in [6, 6.07) is 13.3. The Bertz CT molecular complexity index is 911. The van der Waals surface area contributed by atoms with E-state index in [-0.39, 0.29) is 17.9 Å². The molecular formula is C27H38N2O4. The zero-order valence-electron chi connectivity index (χ0n) is 20.8. The largest absolute Gasteiger partial charge is 0.493 e. The number of nitrogens with one attached hydrogen (secondary N) is 1. The lowest BCUT2D eigenvalue weighted by molar-refractivity contribution is -0.141. The van der Waals surface area contributed by atoms with E-state index in [9.17, 15) is 9.59 Å². The van der Waals surface area contributed by atoms with E-state index in [0.717, 1.165) is 23.1 Å². The van der Waals surface area contributed by atoms with Crippen molar-refractivity contribution in [2.24, 2.45) is 0 Å². The van der Waals surface area contributed by atoms with Gasteiger partial charge in [0.1, 0.15) is 6.04 Å². The zero-order chi connectivity index (χ0) is 24.4. The van der Waals surface area contributed by atoms with Crippen LogP contribution in [0.4, 0.5) is 0 Å².